The summed E-state index contributed by atoms with van der Waals surface area (Å²) in [6, 6.07) is 0.756. The van der Waals surface area contributed by atoms with E-state index in [4.69, 9.17) is 21.1 Å². The lowest BCUT2D eigenvalue weighted by atomic mass is 9.65. The van der Waals surface area contributed by atoms with Gasteiger partial charge >= 0.3 is 0 Å². The Balaban J connectivity index is 1.46. The number of nitrogens with zero attached hydrogens (tertiary/aromatic N) is 1. The van der Waals surface area contributed by atoms with Crippen molar-refractivity contribution in [3.8, 4) is 0 Å². The molecule has 0 amide bonds. The van der Waals surface area contributed by atoms with Gasteiger partial charge in [0.15, 0.2) is 0 Å². The Labute approximate surface area is 139 Å². The summed E-state index contributed by atoms with van der Waals surface area (Å²) >= 11 is 6.48. The fourth-order valence-electron chi connectivity index (χ4n) is 4.99. The quantitative estimate of drug-likeness (QED) is 0.686. The van der Waals surface area contributed by atoms with E-state index in [1.165, 1.54) is 51.0 Å². The van der Waals surface area contributed by atoms with Crippen LogP contribution in [0.15, 0.2) is 11.3 Å². The molecule has 0 N–H and O–H groups in total. The fourth-order valence-corrected chi connectivity index (χ4v) is 5.25. The van der Waals surface area contributed by atoms with E-state index in [2.05, 4.69) is 4.90 Å². The molecule has 0 aromatic carbocycles. The smallest absolute Gasteiger partial charge is 0.0958 e. The number of alkyl halides is 1. The fraction of sp³-hybridized carbons (Fsp3) is 0.889. The second-order valence-electron chi connectivity index (χ2n) is 7.50. The molecule has 3 aliphatic heterocycles. The molecule has 3 nitrogen and oxygen atoms in total. The molecule has 1 aliphatic carbocycles. The topological polar surface area (TPSA) is 21.7 Å². The number of hydrogen-bond acceptors (Lipinski definition) is 3. The zero-order chi connectivity index (χ0) is 15.0. The van der Waals surface area contributed by atoms with Gasteiger partial charge < -0.3 is 14.4 Å². The van der Waals surface area contributed by atoms with Gasteiger partial charge in [0.05, 0.1) is 12.4 Å². The number of ether oxygens (including phenoxy) is 2. The largest absolute Gasteiger partial charge is 0.498 e. The molecule has 0 bridgehead atoms. The number of hydrogen-bond donors (Lipinski definition) is 0. The molecule has 0 aromatic rings. The second kappa shape index (κ2) is 6.33. The van der Waals surface area contributed by atoms with Crippen LogP contribution < -0.4 is 0 Å². The summed E-state index contributed by atoms with van der Waals surface area (Å²) in [5.41, 5.74) is 2.00. The predicted molar refractivity (Wildman–Crippen MR) is 88.2 cm³/mol. The molecule has 4 aliphatic rings. The van der Waals surface area contributed by atoms with Crippen LogP contribution in [0.5, 0.6) is 0 Å². The first-order chi connectivity index (χ1) is 10.8. The van der Waals surface area contributed by atoms with Crippen molar-refractivity contribution in [1.29, 1.82) is 0 Å². The Bertz CT molecular complexity index is 436. The summed E-state index contributed by atoms with van der Waals surface area (Å²) in [6.07, 6.45) is 9.46. The van der Waals surface area contributed by atoms with E-state index in [1.807, 2.05) is 0 Å². The van der Waals surface area contributed by atoms with Crippen LogP contribution in [0.3, 0.4) is 0 Å². The van der Waals surface area contributed by atoms with E-state index in [9.17, 15) is 0 Å². The van der Waals surface area contributed by atoms with Gasteiger partial charge in [0.2, 0.25) is 0 Å². The van der Waals surface area contributed by atoms with Gasteiger partial charge in [-0.05, 0) is 63.6 Å². The highest BCUT2D eigenvalue weighted by Gasteiger charge is 2.44. The maximum atomic E-state index is 6.48. The lowest BCUT2D eigenvalue weighted by Crippen LogP contribution is -2.49. The van der Waals surface area contributed by atoms with Crippen molar-refractivity contribution in [2.45, 2.75) is 62.8 Å². The van der Waals surface area contributed by atoms with Crippen molar-refractivity contribution < 1.29 is 9.47 Å². The Hall–Kier alpha value is -0.250. The van der Waals surface area contributed by atoms with E-state index in [0.29, 0.717) is 10.8 Å². The lowest BCUT2D eigenvalue weighted by Gasteiger charge is -2.50. The minimum absolute atomic E-state index is 0.325. The number of allylic oxidation sites excluding steroid dienone is 2. The number of fused-ring (bicyclic) bond motifs is 1. The van der Waals surface area contributed by atoms with Crippen molar-refractivity contribution in [2.75, 3.05) is 32.9 Å². The highest BCUT2D eigenvalue weighted by atomic mass is 35.5. The van der Waals surface area contributed by atoms with E-state index < -0.39 is 0 Å². The molecule has 4 rings (SSSR count). The monoisotopic (exact) mass is 325 g/mol. The average molecular weight is 326 g/mol. The number of halogens is 1. The number of piperidine rings is 1. The third-order valence-corrected chi connectivity index (χ3v) is 6.78. The molecule has 124 valence electrons. The molecule has 0 radical (unpaired) electrons. The highest BCUT2D eigenvalue weighted by Crippen LogP contribution is 2.51. The van der Waals surface area contributed by atoms with E-state index in [1.54, 1.807) is 5.57 Å². The van der Waals surface area contributed by atoms with Crippen molar-refractivity contribution in [2.24, 2.45) is 5.41 Å². The van der Waals surface area contributed by atoms with Crippen LogP contribution in [0.25, 0.3) is 0 Å². The average Bonchev–Trinajstić information content (AvgIpc) is 2.57. The minimum Gasteiger partial charge on any atom is -0.498 e. The predicted octanol–water partition coefficient (Wildman–Crippen LogP) is 3.71. The number of likely N-dealkylation sites (tertiary alicyclic amines) is 1. The van der Waals surface area contributed by atoms with Gasteiger partial charge in [-0.3, -0.25) is 0 Å². The van der Waals surface area contributed by atoms with Crippen LogP contribution in [0, 0.1) is 5.41 Å². The van der Waals surface area contributed by atoms with Gasteiger partial charge in [0.25, 0.3) is 0 Å². The summed E-state index contributed by atoms with van der Waals surface area (Å²) in [4.78, 5) is 2.73. The van der Waals surface area contributed by atoms with Crippen LogP contribution in [0.2, 0.25) is 0 Å². The molecule has 0 aromatic heterocycles. The van der Waals surface area contributed by atoms with Gasteiger partial charge in [-0.1, -0.05) is 0 Å². The normalized spacial score (nSPS) is 33.6. The third kappa shape index (κ3) is 2.81. The van der Waals surface area contributed by atoms with Crippen LogP contribution in [0.1, 0.15) is 51.4 Å². The third-order valence-electron chi connectivity index (χ3n) is 6.41. The summed E-state index contributed by atoms with van der Waals surface area (Å²) in [6.45, 7) is 5.30. The maximum absolute atomic E-state index is 6.48. The number of rotatable bonds is 1. The molecule has 0 saturated carbocycles. The zero-order valence-corrected chi connectivity index (χ0v) is 14.2. The Kier molecular flexibility index (Phi) is 4.40. The van der Waals surface area contributed by atoms with E-state index in [-0.39, 0.29) is 0 Å². The first-order valence-corrected chi connectivity index (χ1v) is 9.52. The first-order valence-electron chi connectivity index (χ1n) is 9.08. The second-order valence-corrected chi connectivity index (χ2v) is 8.12. The summed E-state index contributed by atoms with van der Waals surface area (Å²) < 4.78 is 11.5. The lowest BCUT2D eigenvalue weighted by molar-refractivity contribution is -0.00265. The van der Waals surface area contributed by atoms with Gasteiger partial charge in [0, 0.05) is 36.5 Å². The van der Waals surface area contributed by atoms with Gasteiger partial charge in [-0.25, -0.2) is 0 Å². The maximum Gasteiger partial charge on any atom is 0.0958 e. The van der Waals surface area contributed by atoms with Gasteiger partial charge in [0.1, 0.15) is 0 Å². The minimum atomic E-state index is 0.325. The Morgan fingerprint density at radius 3 is 2.55 bits per heavy atom. The molecular weight excluding hydrogens is 298 g/mol. The summed E-state index contributed by atoms with van der Waals surface area (Å²) in [5, 5.41) is 0.325. The van der Waals surface area contributed by atoms with Crippen LogP contribution >= 0.6 is 11.6 Å². The molecule has 1 spiro atoms. The van der Waals surface area contributed by atoms with Gasteiger partial charge in [-0.2, -0.15) is 0 Å². The molecular formula is C18H28ClNO2. The Morgan fingerprint density at radius 1 is 1.00 bits per heavy atom. The van der Waals surface area contributed by atoms with Crippen molar-refractivity contribution in [3.63, 3.8) is 0 Å². The first kappa shape index (κ1) is 15.3. The van der Waals surface area contributed by atoms with Crippen molar-refractivity contribution in [3.05, 3.63) is 11.3 Å². The summed E-state index contributed by atoms with van der Waals surface area (Å²) in [7, 11) is 0. The highest BCUT2D eigenvalue weighted by molar-refractivity contribution is 6.20. The van der Waals surface area contributed by atoms with Crippen molar-refractivity contribution in [1.82, 2.24) is 4.90 Å². The summed E-state index contributed by atoms with van der Waals surface area (Å²) in [5.74, 6) is 1.31. The molecule has 22 heavy (non-hydrogen) atoms. The van der Waals surface area contributed by atoms with Crippen LogP contribution in [0.4, 0.5) is 0 Å². The van der Waals surface area contributed by atoms with Crippen LogP contribution in [-0.2, 0) is 9.47 Å². The van der Waals surface area contributed by atoms with E-state index >= 15 is 0 Å². The molecule has 3 heterocycles. The molecule has 1 atom stereocenters. The molecule has 4 heteroatoms. The standard InChI is InChI=1S/C18H28ClNO2/c19-14-1-2-17-16(13-14)18(7-12-22-17)5-8-20(9-6-18)15-3-10-21-11-4-15/h14-15H,1-13H2. The Morgan fingerprint density at radius 2 is 1.77 bits per heavy atom. The molecule has 2 saturated heterocycles. The van der Waals surface area contributed by atoms with Gasteiger partial charge in [-0.15, -0.1) is 11.6 Å². The zero-order valence-electron chi connectivity index (χ0n) is 13.5. The molecule has 2 fully saturated rings. The van der Waals surface area contributed by atoms with Crippen LogP contribution in [-0.4, -0.2) is 49.2 Å². The molecule has 1 unspecified atom stereocenters. The van der Waals surface area contributed by atoms with E-state index in [0.717, 1.165) is 45.1 Å². The SMILES string of the molecule is ClC1CCC2=C(C1)C1(CCO2)CCN(C2CCOCC2)CC1. The van der Waals surface area contributed by atoms with Crippen molar-refractivity contribution >= 4 is 11.6 Å².